The molecule has 5 heteroatoms. The highest BCUT2D eigenvalue weighted by molar-refractivity contribution is 7.16. The van der Waals surface area contributed by atoms with Gasteiger partial charge >= 0.3 is 0 Å². The molecule has 1 heterocycles. The summed E-state index contributed by atoms with van der Waals surface area (Å²) in [6.07, 6.45) is 1.27. The van der Waals surface area contributed by atoms with Crippen LogP contribution in [-0.2, 0) is 17.8 Å². The molecule has 0 saturated heterocycles. The highest BCUT2D eigenvalue weighted by Crippen LogP contribution is 2.24. The van der Waals surface area contributed by atoms with Gasteiger partial charge in [0.2, 0.25) is 0 Å². The first-order valence-corrected chi connectivity index (χ1v) is 10.2. The van der Waals surface area contributed by atoms with Crippen molar-refractivity contribution in [3.05, 3.63) is 71.0 Å². The molecule has 0 fully saturated rings. The van der Waals surface area contributed by atoms with E-state index in [1.165, 1.54) is 11.3 Å². The molecule has 0 aliphatic carbocycles. The van der Waals surface area contributed by atoms with Gasteiger partial charge in [-0.05, 0) is 41.0 Å². The molecule has 1 aromatic heterocycles. The van der Waals surface area contributed by atoms with Crippen molar-refractivity contribution in [2.75, 3.05) is 7.11 Å². The number of benzene rings is 3. The van der Waals surface area contributed by atoms with Crippen molar-refractivity contribution >= 4 is 38.2 Å². The molecule has 28 heavy (non-hydrogen) atoms. The van der Waals surface area contributed by atoms with Crippen LogP contribution in [0.15, 0.2) is 65.7 Å². The van der Waals surface area contributed by atoms with Crippen LogP contribution in [0, 0.1) is 0 Å². The van der Waals surface area contributed by atoms with Crippen LogP contribution in [0.3, 0.4) is 0 Å². The van der Waals surface area contributed by atoms with Crippen LogP contribution >= 0.6 is 11.3 Å². The second-order valence-electron chi connectivity index (χ2n) is 6.69. The number of fused-ring (bicyclic) bond motifs is 2. The lowest BCUT2D eigenvalue weighted by atomic mass is 10.0. The summed E-state index contributed by atoms with van der Waals surface area (Å²) in [6.45, 7) is 2.95. The third-order valence-electron chi connectivity index (χ3n) is 4.78. The second-order valence-corrected chi connectivity index (χ2v) is 7.70. The van der Waals surface area contributed by atoms with E-state index in [0.29, 0.717) is 6.42 Å². The van der Waals surface area contributed by atoms with Gasteiger partial charge in [0.25, 0.3) is 5.91 Å². The van der Waals surface area contributed by atoms with Gasteiger partial charge in [-0.1, -0.05) is 60.7 Å². The predicted molar refractivity (Wildman–Crippen MR) is 115 cm³/mol. The third kappa shape index (κ3) is 3.58. The number of thiazole rings is 1. The van der Waals surface area contributed by atoms with Crippen molar-refractivity contribution in [1.29, 1.82) is 0 Å². The largest absolute Gasteiger partial charge is 0.497 e. The van der Waals surface area contributed by atoms with Crippen molar-refractivity contribution in [3.8, 4) is 5.75 Å². The molecule has 0 saturated carbocycles. The van der Waals surface area contributed by atoms with Crippen LogP contribution in [0.1, 0.15) is 18.9 Å². The van der Waals surface area contributed by atoms with E-state index >= 15 is 0 Å². The van der Waals surface area contributed by atoms with E-state index in [1.807, 2.05) is 42.5 Å². The van der Waals surface area contributed by atoms with Crippen LogP contribution in [0.4, 0.5) is 0 Å². The Morgan fingerprint density at radius 2 is 1.93 bits per heavy atom. The zero-order chi connectivity index (χ0) is 19.5. The predicted octanol–water partition coefficient (Wildman–Crippen LogP) is 4.94. The summed E-state index contributed by atoms with van der Waals surface area (Å²) in [4.78, 5) is 18.0. The molecule has 0 aliphatic rings. The lowest BCUT2D eigenvalue weighted by Gasteiger charge is -2.05. The SMILES string of the molecule is CCCn1c(=NC(=O)Cc2cccc3ccccc23)sc2cc(OC)ccc21. The Morgan fingerprint density at radius 3 is 2.75 bits per heavy atom. The van der Waals surface area contributed by atoms with E-state index in [1.54, 1.807) is 7.11 Å². The molecule has 0 unspecified atom stereocenters. The van der Waals surface area contributed by atoms with Crippen LogP contribution in [0.2, 0.25) is 0 Å². The first kappa shape index (κ1) is 18.4. The summed E-state index contributed by atoms with van der Waals surface area (Å²) in [5, 5.41) is 2.25. The minimum absolute atomic E-state index is 0.125. The zero-order valence-electron chi connectivity index (χ0n) is 16.0. The van der Waals surface area contributed by atoms with Gasteiger partial charge in [0.1, 0.15) is 5.75 Å². The lowest BCUT2D eigenvalue weighted by molar-refractivity contribution is -0.117. The molecular formula is C23H22N2O2S. The first-order chi connectivity index (χ1) is 13.7. The van der Waals surface area contributed by atoms with Gasteiger partial charge in [-0.25, -0.2) is 0 Å². The van der Waals surface area contributed by atoms with Gasteiger partial charge in [-0.3, -0.25) is 4.79 Å². The normalized spacial score (nSPS) is 12.0. The fourth-order valence-corrected chi connectivity index (χ4v) is 4.56. The summed E-state index contributed by atoms with van der Waals surface area (Å²) in [6, 6.07) is 20.2. The van der Waals surface area contributed by atoms with Gasteiger partial charge in [-0.2, -0.15) is 4.99 Å². The molecule has 4 aromatic rings. The highest BCUT2D eigenvalue weighted by atomic mass is 32.1. The van der Waals surface area contributed by atoms with Crippen LogP contribution in [-0.4, -0.2) is 17.6 Å². The maximum absolute atomic E-state index is 12.8. The fourth-order valence-electron chi connectivity index (χ4n) is 3.46. The van der Waals surface area contributed by atoms with Crippen molar-refractivity contribution in [3.63, 3.8) is 0 Å². The van der Waals surface area contributed by atoms with Crippen LogP contribution in [0.5, 0.6) is 5.75 Å². The summed E-state index contributed by atoms with van der Waals surface area (Å²) >= 11 is 1.53. The van der Waals surface area contributed by atoms with E-state index in [2.05, 4.69) is 34.7 Å². The van der Waals surface area contributed by atoms with E-state index in [4.69, 9.17) is 4.74 Å². The van der Waals surface area contributed by atoms with Crippen molar-refractivity contribution in [2.45, 2.75) is 26.3 Å². The number of amides is 1. The number of aryl methyl sites for hydroxylation is 1. The van der Waals surface area contributed by atoms with Crippen molar-refractivity contribution in [1.82, 2.24) is 4.57 Å². The minimum Gasteiger partial charge on any atom is -0.497 e. The Balaban J connectivity index is 1.74. The summed E-state index contributed by atoms with van der Waals surface area (Å²) in [7, 11) is 1.66. The van der Waals surface area contributed by atoms with E-state index in [-0.39, 0.29) is 5.91 Å². The molecule has 0 aliphatic heterocycles. The zero-order valence-corrected chi connectivity index (χ0v) is 16.8. The van der Waals surface area contributed by atoms with Crippen LogP contribution < -0.4 is 9.54 Å². The maximum atomic E-state index is 12.8. The minimum atomic E-state index is -0.125. The molecule has 1 amide bonds. The maximum Gasteiger partial charge on any atom is 0.252 e. The van der Waals surface area contributed by atoms with Gasteiger partial charge in [0, 0.05) is 6.54 Å². The van der Waals surface area contributed by atoms with Crippen LogP contribution in [0.25, 0.3) is 21.0 Å². The number of nitrogens with zero attached hydrogens (tertiary/aromatic N) is 2. The molecule has 4 rings (SSSR count). The average Bonchev–Trinajstić information content (AvgIpc) is 3.04. The molecule has 0 atom stereocenters. The Hall–Kier alpha value is -2.92. The molecule has 3 aromatic carbocycles. The highest BCUT2D eigenvalue weighted by Gasteiger charge is 2.10. The average molecular weight is 391 g/mol. The second kappa shape index (κ2) is 7.98. The standard InChI is InChI=1S/C23H22N2O2S/c1-3-13-25-20-12-11-18(27-2)15-21(20)28-23(25)24-22(26)14-17-9-6-8-16-7-4-5-10-19(16)17/h4-12,15H,3,13-14H2,1-2H3. The van der Waals surface area contributed by atoms with Gasteiger partial charge in [-0.15, -0.1) is 0 Å². The summed E-state index contributed by atoms with van der Waals surface area (Å²) in [5.74, 6) is 0.686. The van der Waals surface area contributed by atoms with Gasteiger partial charge < -0.3 is 9.30 Å². The molecule has 0 radical (unpaired) electrons. The molecule has 4 nitrogen and oxygen atoms in total. The quantitative estimate of drug-likeness (QED) is 0.484. The van der Waals surface area contributed by atoms with E-state index in [0.717, 1.165) is 50.1 Å². The van der Waals surface area contributed by atoms with E-state index in [9.17, 15) is 4.79 Å². The number of hydrogen-bond acceptors (Lipinski definition) is 3. The number of carbonyl (C=O) groups excluding carboxylic acids is 1. The number of methoxy groups -OCH3 is 1. The lowest BCUT2D eigenvalue weighted by Crippen LogP contribution is -2.17. The molecular weight excluding hydrogens is 368 g/mol. The van der Waals surface area contributed by atoms with Gasteiger partial charge in [0.05, 0.1) is 23.7 Å². The fraction of sp³-hybridized carbons (Fsp3) is 0.217. The third-order valence-corrected chi connectivity index (χ3v) is 5.82. The number of rotatable bonds is 5. The molecule has 0 N–H and O–H groups in total. The van der Waals surface area contributed by atoms with E-state index < -0.39 is 0 Å². The Morgan fingerprint density at radius 1 is 1.11 bits per heavy atom. The Bertz CT molecular complexity index is 1210. The topological polar surface area (TPSA) is 43.6 Å². The van der Waals surface area contributed by atoms with Gasteiger partial charge in [0.15, 0.2) is 4.80 Å². The number of hydrogen-bond donors (Lipinski definition) is 0. The van der Waals surface area contributed by atoms with Crippen molar-refractivity contribution in [2.24, 2.45) is 4.99 Å². The smallest absolute Gasteiger partial charge is 0.252 e. The molecule has 0 spiro atoms. The molecule has 0 bridgehead atoms. The number of aromatic nitrogens is 1. The summed E-state index contributed by atoms with van der Waals surface area (Å²) < 4.78 is 8.53. The monoisotopic (exact) mass is 390 g/mol. The first-order valence-electron chi connectivity index (χ1n) is 9.41. The molecule has 142 valence electrons. The van der Waals surface area contributed by atoms with Crippen molar-refractivity contribution < 1.29 is 9.53 Å². The number of carbonyl (C=O) groups is 1. The Labute approximate surface area is 167 Å². The summed E-state index contributed by atoms with van der Waals surface area (Å²) in [5.41, 5.74) is 2.10. The Kier molecular flexibility index (Phi) is 5.26. The number of ether oxygens (including phenoxy) is 1.